The van der Waals surface area contributed by atoms with Gasteiger partial charge in [0.15, 0.2) is 0 Å². The first-order chi connectivity index (χ1) is 9.40. The summed E-state index contributed by atoms with van der Waals surface area (Å²) in [4.78, 5) is 23.4. The van der Waals surface area contributed by atoms with Crippen molar-refractivity contribution in [1.82, 2.24) is 4.90 Å². The summed E-state index contributed by atoms with van der Waals surface area (Å²) in [5.74, 6) is -0.516. The van der Waals surface area contributed by atoms with Crippen LogP contribution in [0.25, 0.3) is 0 Å². The van der Waals surface area contributed by atoms with Crippen molar-refractivity contribution in [3.63, 3.8) is 0 Å². The molecule has 5 nitrogen and oxygen atoms in total. The normalized spacial score (nSPS) is 10.4. The minimum Gasteiger partial charge on any atom is -0.481 e. The Morgan fingerprint density at radius 1 is 1.35 bits per heavy atom. The summed E-state index contributed by atoms with van der Waals surface area (Å²) >= 11 is 0. The maximum absolute atomic E-state index is 11.7. The number of carboxylic acids is 1. The smallest absolute Gasteiger partial charge is 0.409 e. The van der Waals surface area contributed by atoms with Crippen molar-refractivity contribution in [3.05, 3.63) is 35.4 Å². The Balaban J connectivity index is 2.48. The number of nitrogens with zero attached hydrogens (tertiary/aromatic N) is 1. The number of hydrogen-bond donors (Lipinski definition) is 1. The largest absolute Gasteiger partial charge is 0.481 e. The Bertz CT molecular complexity index is 471. The van der Waals surface area contributed by atoms with Gasteiger partial charge in [0, 0.05) is 13.6 Å². The zero-order valence-electron chi connectivity index (χ0n) is 12.1. The Morgan fingerprint density at radius 2 is 2.05 bits per heavy atom. The number of hydrogen-bond acceptors (Lipinski definition) is 3. The molecule has 0 aliphatic rings. The highest BCUT2D eigenvalue weighted by atomic mass is 16.6. The van der Waals surface area contributed by atoms with Crippen molar-refractivity contribution in [3.8, 4) is 0 Å². The molecule has 0 heterocycles. The number of rotatable bonds is 6. The van der Waals surface area contributed by atoms with Crippen LogP contribution in [0, 0.1) is 0 Å². The molecule has 20 heavy (non-hydrogen) atoms. The van der Waals surface area contributed by atoms with Crippen LogP contribution >= 0.6 is 0 Å². The Morgan fingerprint density at radius 3 is 2.65 bits per heavy atom. The highest BCUT2D eigenvalue weighted by molar-refractivity contribution is 5.70. The lowest BCUT2D eigenvalue weighted by atomic mass is 10.0. The highest BCUT2D eigenvalue weighted by Gasteiger charge is 2.11. The molecular weight excluding hydrogens is 258 g/mol. The van der Waals surface area contributed by atoms with Gasteiger partial charge in [-0.15, -0.1) is 0 Å². The van der Waals surface area contributed by atoms with Gasteiger partial charge in [-0.3, -0.25) is 4.79 Å². The summed E-state index contributed by atoms with van der Waals surface area (Å²) in [6, 6.07) is 7.88. The van der Waals surface area contributed by atoms with Crippen molar-refractivity contribution >= 4 is 12.1 Å². The number of aliphatic carboxylic acids is 1. The number of carbonyl (C=O) groups is 2. The van der Waals surface area contributed by atoms with Crippen molar-refractivity contribution < 1.29 is 19.4 Å². The van der Waals surface area contributed by atoms with Gasteiger partial charge >= 0.3 is 12.1 Å². The summed E-state index contributed by atoms with van der Waals surface area (Å²) in [6.45, 7) is 4.53. The molecule has 0 saturated heterocycles. The molecule has 1 N–H and O–H groups in total. The van der Waals surface area contributed by atoms with Crippen LogP contribution < -0.4 is 0 Å². The predicted molar refractivity (Wildman–Crippen MR) is 75.6 cm³/mol. The lowest BCUT2D eigenvalue weighted by molar-refractivity contribution is -0.137. The molecule has 0 aliphatic carbocycles. The van der Waals surface area contributed by atoms with Gasteiger partial charge in [0.1, 0.15) is 6.61 Å². The van der Waals surface area contributed by atoms with E-state index in [4.69, 9.17) is 9.84 Å². The van der Waals surface area contributed by atoms with Crippen LogP contribution in [0.1, 0.15) is 37.3 Å². The molecule has 1 aromatic carbocycles. The van der Waals surface area contributed by atoms with Crippen molar-refractivity contribution in [1.29, 1.82) is 0 Å². The summed E-state index contributed by atoms with van der Waals surface area (Å²) in [7, 11) is 1.52. The van der Waals surface area contributed by atoms with Gasteiger partial charge in [-0.25, -0.2) is 4.79 Å². The summed E-state index contributed by atoms with van der Waals surface area (Å²) < 4.78 is 5.15. The minimum absolute atomic E-state index is 0.0889. The third kappa shape index (κ3) is 5.30. The fourth-order valence-corrected chi connectivity index (χ4v) is 1.65. The van der Waals surface area contributed by atoms with Crippen LogP contribution in [0.5, 0.6) is 0 Å². The third-order valence-corrected chi connectivity index (χ3v) is 2.95. The lowest BCUT2D eigenvalue weighted by Crippen LogP contribution is -2.29. The zero-order valence-corrected chi connectivity index (χ0v) is 12.1. The standard InChI is InChI=1S/C15H21NO4/c1-11(2)13-6-4-5-12(9-13)10-20-15(19)16(3)8-7-14(17)18/h4-6,9,11H,7-8,10H2,1-3H3,(H,17,18). The number of carboxylic acid groups (broad SMARTS) is 1. The van der Waals surface area contributed by atoms with Crippen LogP contribution in [0.2, 0.25) is 0 Å². The van der Waals surface area contributed by atoms with Crippen LogP contribution in [-0.4, -0.2) is 35.7 Å². The maximum atomic E-state index is 11.7. The molecule has 0 atom stereocenters. The summed E-state index contributed by atoms with van der Waals surface area (Å²) in [5.41, 5.74) is 2.12. The Hall–Kier alpha value is -2.04. The van der Waals surface area contributed by atoms with Gasteiger partial charge in [-0.2, -0.15) is 0 Å². The fraction of sp³-hybridized carbons (Fsp3) is 0.467. The molecule has 110 valence electrons. The molecule has 0 saturated carbocycles. The first-order valence-electron chi connectivity index (χ1n) is 6.58. The lowest BCUT2D eigenvalue weighted by Gasteiger charge is -2.16. The molecular formula is C15H21NO4. The molecule has 1 rings (SSSR count). The highest BCUT2D eigenvalue weighted by Crippen LogP contribution is 2.16. The quantitative estimate of drug-likeness (QED) is 0.869. The van der Waals surface area contributed by atoms with E-state index in [2.05, 4.69) is 13.8 Å². The van der Waals surface area contributed by atoms with Crippen molar-refractivity contribution in [2.24, 2.45) is 0 Å². The van der Waals surface area contributed by atoms with E-state index in [1.165, 1.54) is 17.5 Å². The number of amides is 1. The van der Waals surface area contributed by atoms with Crippen LogP contribution in [-0.2, 0) is 16.1 Å². The second-order valence-corrected chi connectivity index (χ2v) is 5.02. The van der Waals surface area contributed by atoms with Crippen molar-refractivity contribution in [2.75, 3.05) is 13.6 Å². The van der Waals surface area contributed by atoms with E-state index in [1.807, 2.05) is 24.3 Å². The van der Waals surface area contributed by atoms with Crippen LogP contribution in [0.15, 0.2) is 24.3 Å². The van der Waals surface area contributed by atoms with Gasteiger partial charge < -0.3 is 14.7 Å². The van der Waals surface area contributed by atoms with Gasteiger partial charge in [0.05, 0.1) is 6.42 Å². The van der Waals surface area contributed by atoms with E-state index in [0.29, 0.717) is 5.92 Å². The molecule has 0 aromatic heterocycles. The molecule has 0 bridgehead atoms. The molecule has 1 amide bonds. The molecule has 5 heteroatoms. The average molecular weight is 279 g/mol. The molecule has 0 spiro atoms. The molecule has 0 aliphatic heterocycles. The fourth-order valence-electron chi connectivity index (χ4n) is 1.65. The molecule has 1 aromatic rings. The van der Waals surface area contributed by atoms with Crippen LogP contribution in [0.3, 0.4) is 0 Å². The van der Waals surface area contributed by atoms with E-state index in [1.54, 1.807) is 0 Å². The second-order valence-electron chi connectivity index (χ2n) is 5.02. The average Bonchev–Trinajstić information content (AvgIpc) is 2.42. The van der Waals surface area contributed by atoms with Crippen LogP contribution in [0.4, 0.5) is 4.79 Å². The summed E-state index contributed by atoms with van der Waals surface area (Å²) in [6.07, 6.45) is -0.602. The number of benzene rings is 1. The van der Waals surface area contributed by atoms with E-state index in [0.717, 1.165) is 5.56 Å². The number of ether oxygens (including phenoxy) is 1. The Kier molecular flexibility index (Phi) is 6.03. The van der Waals surface area contributed by atoms with Gasteiger partial charge in [0.2, 0.25) is 0 Å². The zero-order chi connectivity index (χ0) is 15.1. The van der Waals surface area contributed by atoms with Gasteiger partial charge in [-0.05, 0) is 17.0 Å². The van der Waals surface area contributed by atoms with E-state index < -0.39 is 12.1 Å². The van der Waals surface area contributed by atoms with E-state index in [9.17, 15) is 9.59 Å². The molecule has 0 unspecified atom stereocenters. The molecule has 0 fully saturated rings. The summed E-state index contributed by atoms with van der Waals surface area (Å²) in [5, 5.41) is 8.56. The van der Waals surface area contributed by atoms with Gasteiger partial charge in [-0.1, -0.05) is 38.1 Å². The third-order valence-electron chi connectivity index (χ3n) is 2.95. The molecule has 0 radical (unpaired) electrons. The Labute approximate surface area is 119 Å². The van der Waals surface area contributed by atoms with E-state index in [-0.39, 0.29) is 19.6 Å². The van der Waals surface area contributed by atoms with Gasteiger partial charge in [0.25, 0.3) is 0 Å². The topological polar surface area (TPSA) is 66.8 Å². The predicted octanol–water partition coefficient (Wildman–Crippen LogP) is 2.85. The van der Waals surface area contributed by atoms with E-state index >= 15 is 0 Å². The monoisotopic (exact) mass is 279 g/mol. The first-order valence-corrected chi connectivity index (χ1v) is 6.58. The van der Waals surface area contributed by atoms with Crippen molar-refractivity contribution in [2.45, 2.75) is 32.8 Å². The minimum atomic E-state index is -0.936. The first kappa shape index (κ1) is 16.0. The maximum Gasteiger partial charge on any atom is 0.409 e. The SMILES string of the molecule is CC(C)c1cccc(COC(=O)N(C)CCC(=O)O)c1. The second kappa shape index (κ2) is 7.53. The number of carbonyl (C=O) groups excluding carboxylic acids is 1.